The predicted octanol–water partition coefficient (Wildman–Crippen LogP) is 4.10. The van der Waals surface area contributed by atoms with Gasteiger partial charge < -0.3 is 10.2 Å². The molecule has 3 rings (SSSR count). The molecule has 4 nitrogen and oxygen atoms in total. The van der Waals surface area contributed by atoms with E-state index >= 15 is 0 Å². The highest BCUT2D eigenvalue weighted by Crippen LogP contribution is 2.35. The average molecular weight is 382 g/mol. The van der Waals surface area contributed by atoms with Crippen LogP contribution in [-0.4, -0.2) is 17.4 Å². The van der Waals surface area contributed by atoms with Crippen LogP contribution in [0.1, 0.15) is 21.5 Å². The number of carbonyl (C=O) groups is 1. The van der Waals surface area contributed by atoms with Gasteiger partial charge in [0, 0.05) is 34.4 Å². The van der Waals surface area contributed by atoms with E-state index in [0.29, 0.717) is 24.2 Å². The van der Waals surface area contributed by atoms with Gasteiger partial charge in [0.05, 0.1) is 18.2 Å². The second-order valence-corrected chi connectivity index (χ2v) is 6.52. The van der Waals surface area contributed by atoms with Gasteiger partial charge in [0.15, 0.2) is 0 Å². The van der Waals surface area contributed by atoms with Crippen LogP contribution in [0.4, 0.5) is 5.69 Å². The van der Waals surface area contributed by atoms with Gasteiger partial charge in [-0.2, -0.15) is 5.26 Å². The van der Waals surface area contributed by atoms with Gasteiger partial charge in [-0.15, -0.1) is 0 Å². The summed E-state index contributed by atoms with van der Waals surface area (Å²) in [5.74, 6) is -0.0711. The lowest BCUT2D eigenvalue weighted by Crippen LogP contribution is -2.26. The Hall–Kier alpha value is -2.58. The van der Waals surface area contributed by atoms with E-state index in [9.17, 15) is 4.79 Å². The number of nitrogens with one attached hydrogen (secondary N) is 1. The van der Waals surface area contributed by atoms with Gasteiger partial charge in [0.1, 0.15) is 0 Å². The topological polar surface area (TPSA) is 56.1 Å². The van der Waals surface area contributed by atoms with E-state index in [1.807, 2.05) is 48.5 Å². The monoisotopic (exact) mass is 381 g/mol. The van der Waals surface area contributed by atoms with Crippen molar-refractivity contribution in [2.45, 2.75) is 13.1 Å². The Bertz CT molecular complexity index is 840. The maximum Gasteiger partial charge on any atom is 0.256 e. The third-order valence-electron chi connectivity index (χ3n) is 3.97. The van der Waals surface area contributed by atoms with Crippen LogP contribution in [0.2, 0.25) is 0 Å². The standard InChI is InChI=1S/C19H16BrN3O/c1-13(9-21)11-23-12-15-16(20)7-8-17(18(15)19(23)24)22-10-14-5-3-2-4-6-14/h2-8,22H,1,10-12H2. The first-order valence-corrected chi connectivity index (χ1v) is 8.35. The summed E-state index contributed by atoms with van der Waals surface area (Å²) in [6.07, 6.45) is 0. The van der Waals surface area contributed by atoms with Crippen molar-refractivity contribution >= 4 is 27.5 Å². The van der Waals surface area contributed by atoms with E-state index in [1.165, 1.54) is 0 Å². The lowest BCUT2D eigenvalue weighted by Gasteiger charge is -2.14. The quantitative estimate of drug-likeness (QED) is 0.793. The van der Waals surface area contributed by atoms with Gasteiger partial charge in [0.25, 0.3) is 5.91 Å². The van der Waals surface area contributed by atoms with Crippen molar-refractivity contribution in [3.05, 3.63) is 75.8 Å². The fourth-order valence-corrected chi connectivity index (χ4v) is 3.23. The summed E-state index contributed by atoms with van der Waals surface area (Å²) in [5, 5.41) is 12.3. The van der Waals surface area contributed by atoms with Gasteiger partial charge in [-0.05, 0) is 17.7 Å². The van der Waals surface area contributed by atoms with Gasteiger partial charge in [-0.1, -0.05) is 52.8 Å². The second-order valence-electron chi connectivity index (χ2n) is 5.66. The van der Waals surface area contributed by atoms with Gasteiger partial charge >= 0.3 is 0 Å². The number of anilines is 1. The second kappa shape index (κ2) is 6.90. The molecule has 2 aromatic carbocycles. The summed E-state index contributed by atoms with van der Waals surface area (Å²) in [6.45, 7) is 5.06. The Morgan fingerprint density at radius 3 is 2.75 bits per heavy atom. The number of halogens is 1. The van der Waals surface area contributed by atoms with Crippen LogP contribution in [0.25, 0.3) is 0 Å². The molecule has 120 valence electrons. The molecule has 0 spiro atoms. The molecule has 0 fully saturated rings. The Morgan fingerprint density at radius 2 is 2.04 bits per heavy atom. The molecule has 2 aromatic rings. The largest absolute Gasteiger partial charge is 0.380 e. The number of nitrogens with zero attached hydrogens (tertiary/aromatic N) is 2. The minimum Gasteiger partial charge on any atom is -0.380 e. The van der Waals surface area contributed by atoms with Crippen LogP contribution >= 0.6 is 15.9 Å². The molecule has 1 amide bonds. The van der Waals surface area contributed by atoms with Crippen LogP contribution in [0.15, 0.2) is 59.1 Å². The molecule has 0 unspecified atom stereocenters. The molecule has 0 aliphatic carbocycles. The van der Waals surface area contributed by atoms with Gasteiger partial charge in [-0.3, -0.25) is 4.79 Å². The first-order chi connectivity index (χ1) is 11.6. The van der Waals surface area contributed by atoms with Crippen LogP contribution in [0.5, 0.6) is 0 Å². The van der Waals surface area contributed by atoms with Crippen molar-refractivity contribution in [1.29, 1.82) is 5.26 Å². The number of fused-ring (bicyclic) bond motifs is 1. The molecule has 24 heavy (non-hydrogen) atoms. The maximum atomic E-state index is 12.7. The lowest BCUT2D eigenvalue weighted by atomic mass is 10.1. The Kier molecular flexibility index (Phi) is 4.68. The fraction of sp³-hybridized carbons (Fsp3) is 0.158. The van der Waals surface area contributed by atoms with E-state index in [1.54, 1.807) is 4.90 Å². The summed E-state index contributed by atoms with van der Waals surface area (Å²) >= 11 is 3.52. The first kappa shape index (κ1) is 16.3. The van der Waals surface area contributed by atoms with Crippen molar-refractivity contribution in [3.8, 4) is 6.07 Å². The summed E-state index contributed by atoms with van der Waals surface area (Å²) in [6, 6.07) is 15.9. The van der Waals surface area contributed by atoms with Crippen molar-refractivity contribution in [2.75, 3.05) is 11.9 Å². The molecule has 0 atom stereocenters. The van der Waals surface area contributed by atoms with Crippen molar-refractivity contribution in [1.82, 2.24) is 4.90 Å². The normalized spacial score (nSPS) is 12.7. The van der Waals surface area contributed by atoms with Crippen molar-refractivity contribution in [2.24, 2.45) is 0 Å². The maximum absolute atomic E-state index is 12.7. The first-order valence-electron chi connectivity index (χ1n) is 7.56. The molecule has 0 saturated carbocycles. The molecule has 0 bridgehead atoms. The summed E-state index contributed by atoms with van der Waals surface area (Å²) < 4.78 is 0.904. The zero-order valence-corrected chi connectivity index (χ0v) is 14.6. The highest BCUT2D eigenvalue weighted by molar-refractivity contribution is 9.10. The molecule has 1 aliphatic rings. The highest BCUT2D eigenvalue weighted by atomic mass is 79.9. The molecule has 1 N–H and O–H groups in total. The smallest absolute Gasteiger partial charge is 0.256 e. The third kappa shape index (κ3) is 3.19. The summed E-state index contributed by atoms with van der Waals surface area (Å²) in [5.41, 5.74) is 3.96. The number of hydrogen-bond donors (Lipinski definition) is 1. The average Bonchev–Trinajstić information content (AvgIpc) is 2.93. The third-order valence-corrected chi connectivity index (χ3v) is 4.71. The number of carbonyl (C=O) groups excluding carboxylic acids is 1. The molecule has 0 aromatic heterocycles. The lowest BCUT2D eigenvalue weighted by molar-refractivity contribution is 0.0794. The van der Waals surface area contributed by atoms with E-state index < -0.39 is 0 Å². The number of rotatable bonds is 5. The van der Waals surface area contributed by atoms with Gasteiger partial charge in [-0.25, -0.2) is 0 Å². The minimum atomic E-state index is -0.0711. The number of hydrogen-bond acceptors (Lipinski definition) is 3. The predicted molar refractivity (Wildman–Crippen MR) is 97.4 cm³/mol. The number of amides is 1. The van der Waals surface area contributed by atoms with Crippen LogP contribution < -0.4 is 5.32 Å². The zero-order chi connectivity index (χ0) is 17.1. The van der Waals surface area contributed by atoms with Crippen LogP contribution in [-0.2, 0) is 13.1 Å². The SMILES string of the molecule is C=C(C#N)CN1Cc2c(Br)ccc(NCc3ccccc3)c2C1=O. The van der Waals surface area contributed by atoms with Crippen molar-refractivity contribution < 1.29 is 4.79 Å². The molecular weight excluding hydrogens is 366 g/mol. The molecule has 1 aliphatic heterocycles. The molecular formula is C19H16BrN3O. The van der Waals surface area contributed by atoms with Gasteiger partial charge in [0.2, 0.25) is 0 Å². The number of nitriles is 1. The van der Waals surface area contributed by atoms with E-state index in [2.05, 4.69) is 27.8 Å². The molecule has 0 radical (unpaired) electrons. The summed E-state index contributed by atoms with van der Waals surface area (Å²) in [4.78, 5) is 14.4. The Morgan fingerprint density at radius 1 is 1.29 bits per heavy atom. The van der Waals surface area contributed by atoms with Crippen molar-refractivity contribution in [3.63, 3.8) is 0 Å². The highest BCUT2D eigenvalue weighted by Gasteiger charge is 2.31. The zero-order valence-electron chi connectivity index (χ0n) is 13.1. The Balaban J connectivity index is 1.85. The summed E-state index contributed by atoms with van der Waals surface area (Å²) in [7, 11) is 0. The molecule has 0 saturated heterocycles. The van der Waals surface area contributed by atoms with E-state index in [4.69, 9.17) is 5.26 Å². The van der Waals surface area contributed by atoms with Crippen LogP contribution in [0.3, 0.4) is 0 Å². The Labute approximate surface area is 149 Å². The minimum absolute atomic E-state index is 0.0711. The van der Waals surface area contributed by atoms with E-state index in [-0.39, 0.29) is 12.5 Å². The van der Waals surface area contributed by atoms with Crippen LogP contribution in [0, 0.1) is 11.3 Å². The fourth-order valence-electron chi connectivity index (χ4n) is 2.78. The molecule has 5 heteroatoms. The molecule has 1 heterocycles. The number of benzene rings is 2. The van der Waals surface area contributed by atoms with E-state index in [0.717, 1.165) is 21.3 Å².